The molecule has 1 aliphatic carbocycles. The normalized spacial score (nSPS) is 17.9. The summed E-state index contributed by atoms with van der Waals surface area (Å²) in [5.41, 5.74) is 1.57. The van der Waals surface area contributed by atoms with E-state index in [4.69, 9.17) is 0 Å². The highest BCUT2D eigenvalue weighted by molar-refractivity contribution is 5.75. The van der Waals surface area contributed by atoms with Crippen molar-refractivity contribution in [3.05, 3.63) is 47.0 Å². The number of hydrogen-bond donors (Lipinski definition) is 1. The summed E-state index contributed by atoms with van der Waals surface area (Å²) in [6.45, 7) is 1.88. The second-order valence-electron chi connectivity index (χ2n) is 7.18. The zero-order valence-corrected chi connectivity index (χ0v) is 14.7. The minimum atomic E-state index is -0.114. The van der Waals surface area contributed by atoms with E-state index in [1.165, 1.54) is 17.5 Å². The van der Waals surface area contributed by atoms with E-state index in [0.717, 1.165) is 24.1 Å². The van der Waals surface area contributed by atoms with E-state index >= 15 is 0 Å². The Morgan fingerprint density at radius 1 is 1.12 bits per heavy atom. The molecular weight excluding hydrogens is 330 g/mol. The zero-order chi connectivity index (χ0) is 17.9. The molecule has 26 heavy (non-hydrogen) atoms. The Labute approximate surface area is 152 Å². The molecule has 1 saturated carbocycles. The fourth-order valence-corrected chi connectivity index (χ4v) is 3.69. The van der Waals surface area contributed by atoms with Gasteiger partial charge in [-0.2, -0.15) is 5.10 Å². The molecule has 7 nitrogen and oxygen atoms in total. The maximum atomic E-state index is 12.2. The van der Waals surface area contributed by atoms with Gasteiger partial charge >= 0.3 is 6.03 Å². The van der Waals surface area contributed by atoms with E-state index < -0.39 is 0 Å². The highest BCUT2D eigenvalue weighted by atomic mass is 16.2. The number of carbonyl (C=O) groups is 1. The van der Waals surface area contributed by atoms with Crippen molar-refractivity contribution in [2.24, 2.45) is 5.92 Å². The van der Waals surface area contributed by atoms with E-state index in [-0.39, 0.29) is 17.5 Å². The van der Waals surface area contributed by atoms with Crippen LogP contribution in [0.3, 0.4) is 0 Å². The molecule has 0 atom stereocenters. The first-order valence-electron chi connectivity index (χ1n) is 9.23. The molecule has 4 rings (SSSR count). The number of rotatable bonds is 4. The van der Waals surface area contributed by atoms with Gasteiger partial charge in [0.05, 0.1) is 12.2 Å². The Kier molecular flexibility index (Phi) is 4.69. The smallest absolute Gasteiger partial charge is 0.317 e. The van der Waals surface area contributed by atoms with Crippen LogP contribution in [0.1, 0.15) is 25.7 Å². The van der Waals surface area contributed by atoms with Crippen LogP contribution < -0.4 is 10.9 Å². The van der Waals surface area contributed by atoms with Gasteiger partial charge in [0.1, 0.15) is 0 Å². The number of urea groups is 1. The van der Waals surface area contributed by atoms with Gasteiger partial charge in [0.25, 0.3) is 5.56 Å². The van der Waals surface area contributed by atoms with Gasteiger partial charge in [0.15, 0.2) is 0 Å². The van der Waals surface area contributed by atoms with Gasteiger partial charge in [-0.1, -0.05) is 12.8 Å². The van der Waals surface area contributed by atoms with Crippen molar-refractivity contribution in [1.29, 1.82) is 0 Å². The Morgan fingerprint density at radius 3 is 2.58 bits per heavy atom. The lowest BCUT2D eigenvalue weighted by molar-refractivity contribution is 0.105. The summed E-state index contributed by atoms with van der Waals surface area (Å²) < 4.78 is 1.51. The van der Waals surface area contributed by atoms with Gasteiger partial charge in [-0.3, -0.25) is 9.78 Å². The van der Waals surface area contributed by atoms with Crippen LogP contribution >= 0.6 is 0 Å². The summed E-state index contributed by atoms with van der Waals surface area (Å²) in [4.78, 5) is 30.2. The molecular formula is C19H23N5O2. The third kappa shape index (κ3) is 3.61. The first kappa shape index (κ1) is 16.8. The van der Waals surface area contributed by atoms with E-state index in [1.807, 2.05) is 17.0 Å². The second kappa shape index (κ2) is 7.27. The predicted octanol–water partition coefficient (Wildman–Crippen LogP) is 1.89. The van der Waals surface area contributed by atoms with Crippen LogP contribution in [0, 0.1) is 5.92 Å². The third-order valence-corrected chi connectivity index (χ3v) is 5.20. The Hall–Kier alpha value is -2.70. The van der Waals surface area contributed by atoms with Crippen LogP contribution in [0.25, 0.3) is 11.3 Å². The van der Waals surface area contributed by atoms with Gasteiger partial charge in [-0.05, 0) is 31.0 Å². The van der Waals surface area contributed by atoms with Gasteiger partial charge in [0, 0.05) is 49.1 Å². The molecule has 1 aliphatic heterocycles. The molecule has 0 bridgehead atoms. The fourth-order valence-electron chi connectivity index (χ4n) is 3.69. The molecule has 3 heterocycles. The molecule has 2 amide bonds. The molecule has 2 aromatic rings. The van der Waals surface area contributed by atoms with E-state index in [0.29, 0.717) is 25.7 Å². The van der Waals surface area contributed by atoms with Crippen molar-refractivity contribution in [2.75, 3.05) is 13.1 Å². The van der Waals surface area contributed by atoms with Crippen LogP contribution in [0.4, 0.5) is 4.79 Å². The fraction of sp³-hybridized carbons (Fsp3) is 0.474. The number of nitrogens with one attached hydrogen (secondary N) is 1. The van der Waals surface area contributed by atoms with Crippen molar-refractivity contribution < 1.29 is 4.79 Å². The van der Waals surface area contributed by atoms with Crippen molar-refractivity contribution in [3.63, 3.8) is 0 Å². The third-order valence-electron chi connectivity index (χ3n) is 5.20. The molecule has 0 spiro atoms. The number of likely N-dealkylation sites (tertiary alicyclic amines) is 1. The summed E-state index contributed by atoms with van der Waals surface area (Å²) in [5, 5.41) is 7.58. The lowest BCUT2D eigenvalue weighted by Crippen LogP contribution is -2.56. The number of nitrogens with zero attached hydrogens (tertiary/aromatic N) is 4. The number of amides is 2. The molecule has 1 N–H and O–H groups in total. The SMILES string of the molecule is O=C(NC1CCCC1)N1CC(Cn2nc(-c3ccncc3)ccc2=O)C1. The molecule has 0 aromatic carbocycles. The van der Waals surface area contributed by atoms with Crippen molar-refractivity contribution in [3.8, 4) is 11.3 Å². The first-order valence-corrected chi connectivity index (χ1v) is 9.23. The first-order chi connectivity index (χ1) is 12.7. The minimum absolute atomic E-state index is 0.0268. The summed E-state index contributed by atoms with van der Waals surface area (Å²) >= 11 is 0. The Morgan fingerprint density at radius 2 is 1.85 bits per heavy atom. The maximum Gasteiger partial charge on any atom is 0.317 e. The monoisotopic (exact) mass is 353 g/mol. The van der Waals surface area contributed by atoms with Crippen LogP contribution in [0.15, 0.2) is 41.5 Å². The standard InChI is InChI=1S/C19H23N5O2/c25-18-6-5-17(15-7-9-20-10-8-15)22-24(18)13-14-11-23(12-14)19(26)21-16-3-1-2-4-16/h5-10,14,16H,1-4,11-13H2,(H,21,26). The predicted molar refractivity (Wildman–Crippen MR) is 97.6 cm³/mol. The maximum absolute atomic E-state index is 12.2. The number of pyridine rings is 1. The van der Waals surface area contributed by atoms with Gasteiger partial charge in [-0.25, -0.2) is 9.48 Å². The average Bonchev–Trinajstić information content (AvgIpc) is 3.12. The van der Waals surface area contributed by atoms with E-state index in [1.54, 1.807) is 24.5 Å². The molecule has 136 valence electrons. The summed E-state index contributed by atoms with van der Waals surface area (Å²) in [6, 6.07) is 7.38. The van der Waals surface area contributed by atoms with Crippen LogP contribution in [0.5, 0.6) is 0 Å². The highest BCUT2D eigenvalue weighted by Gasteiger charge is 2.32. The second-order valence-corrected chi connectivity index (χ2v) is 7.18. The Bertz CT molecular complexity index is 823. The molecule has 2 aromatic heterocycles. The van der Waals surface area contributed by atoms with Crippen molar-refractivity contribution >= 4 is 6.03 Å². The van der Waals surface area contributed by atoms with Crippen LogP contribution in [-0.2, 0) is 6.54 Å². The zero-order valence-electron chi connectivity index (χ0n) is 14.7. The van der Waals surface area contributed by atoms with Crippen molar-refractivity contribution in [2.45, 2.75) is 38.3 Å². The Balaban J connectivity index is 1.35. The van der Waals surface area contributed by atoms with Crippen molar-refractivity contribution in [1.82, 2.24) is 25.0 Å². The molecule has 0 radical (unpaired) electrons. The molecule has 2 aliphatic rings. The average molecular weight is 353 g/mol. The minimum Gasteiger partial charge on any atom is -0.335 e. The van der Waals surface area contributed by atoms with Gasteiger partial charge < -0.3 is 10.2 Å². The lowest BCUT2D eigenvalue weighted by Gasteiger charge is -2.39. The molecule has 0 unspecified atom stereocenters. The van der Waals surface area contributed by atoms with Gasteiger partial charge in [-0.15, -0.1) is 0 Å². The molecule has 2 fully saturated rings. The highest BCUT2D eigenvalue weighted by Crippen LogP contribution is 2.21. The number of aromatic nitrogens is 3. The summed E-state index contributed by atoms with van der Waals surface area (Å²) in [7, 11) is 0. The largest absolute Gasteiger partial charge is 0.335 e. The molecule has 1 saturated heterocycles. The van der Waals surface area contributed by atoms with E-state index in [2.05, 4.69) is 15.4 Å². The summed E-state index contributed by atoms with van der Waals surface area (Å²) in [6.07, 6.45) is 8.00. The van der Waals surface area contributed by atoms with Gasteiger partial charge in [0.2, 0.25) is 0 Å². The van der Waals surface area contributed by atoms with E-state index in [9.17, 15) is 9.59 Å². The van der Waals surface area contributed by atoms with Crippen LogP contribution in [-0.4, -0.2) is 44.8 Å². The molecule has 7 heteroatoms. The number of hydrogen-bond acceptors (Lipinski definition) is 4. The lowest BCUT2D eigenvalue weighted by atomic mass is 10.0. The topological polar surface area (TPSA) is 80.1 Å². The summed E-state index contributed by atoms with van der Waals surface area (Å²) in [5.74, 6) is 0.266. The van der Waals surface area contributed by atoms with Crippen LogP contribution in [0.2, 0.25) is 0 Å². The number of carbonyl (C=O) groups excluding carboxylic acids is 1. The quantitative estimate of drug-likeness (QED) is 0.910.